The van der Waals surface area contributed by atoms with E-state index in [1.807, 2.05) is 0 Å². The van der Waals surface area contributed by atoms with Gasteiger partial charge >= 0.3 is 6.36 Å². The first-order valence-corrected chi connectivity index (χ1v) is 6.25. The highest BCUT2D eigenvalue weighted by atomic mass is 35.5. The fraction of sp³-hybridized carbons (Fsp3) is 0.538. The van der Waals surface area contributed by atoms with E-state index in [4.69, 9.17) is 5.73 Å². The first kappa shape index (κ1) is 17.1. The maximum Gasteiger partial charge on any atom is 0.573 e. The fourth-order valence-electron chi connectivity index (χ4n) is 2.29. The van der Waals surface area contributed by atoms with Crippen molar-refractivity contribution in [2.75, 3.05) is 13.1 Å². The zero-order valence-corrected chi connectivity index (χ0v) is 11.7. The maximum absolute atomic E-state index is 12.0. The summed E-state index contributed by atoms with van der Waals surface area (Å²) in [7, 11) is 0. The second kappa shape index (κ2) is 7.15. The van der Waals surface area contributed by atoms with Crippen molar-refractivity contribution in [1.82, 2.24) is 4.90 Å². The second-order valence-electron chi connectivity index (χ2n) is 4.83. The van der Waals surface area contributed by atoms with Crippen LogP contribution in [0.15, 0.2) is 24.3 Å². The molecule has 1 atom stereocenters. The summed E-state index contributed by atoms with van der Waals surface area (Å²) < 4.78 is 39.9. The van der Waals surface area contributed by atoms with Crippen molar-refractivity contribution in [2.45, 2.75) is 31.8 Å². The van der Waals surface area contributed by atoms with Crippen LogP contribution < -0.4 is 10.5 Å². The van der Waals surface area contributed by atoms with Gasteiger partial charge in [-0.05, 0) is 37.1 Å². The van der Waals surface area contributed by atoms with Crippen molar-refractivity contribution >= 4 is 12.4 Å². The summed E-state index contributed by atoms with van der Waals surface area (Å²) in [6.07, 6.45) is -2.54. The number of ether oxygens (including phenoxy) is 1. The van der Waals surface area contributed by atoms with Crippen molar-refractivity contribution < 1.29 is 17.9 Å². The topological polar surface area (TPSA) is 38.5 Å². The van der Waals surface area contributed by atoms with Gasteiger partial charge in [0.1, 0.15) is 5.75 Å². The van der Waals surface area contributed by atoms with Gasteiger partial charge in [-0.3, -0.25) is 4.90 Å². The van der Waals surface area contributed by atoms with Crippen LogP contribution >= 0.6 is 12.4 Å². The molecule has 1 aliphatic rings. The minimum atomic E-state index is -4.64. The van der Waals surface area contributed by atoms with E-state index in [2.05, 4.69) is 9.64 Å². The molecule has 1 saturated heterocycles. The molecule has 1 fully saturated rings. The first-order chi connectivity index (χ1) is 8.92. The van der Waals surface area contributed by atoms with Crippen LogP contribution in [0.2, 0.25) is 0 Å². The van der Waals surface area contributed by atoms with Gasteiger partial charge in [-0.1, -0.05) is 12.1 Å². The Balaban J connectivity index is 0.00000200. The molecule has 0 aromatic heterocycles. The summed E-state index contributed by atoms with van der Waals surface area (Å²) in [6.45, 7) is 2.52. The van der Waals surface area contributed by atoms with Gasteiger partial charge in [0.05, 0.1) is 0 Å². The molecule has 0 saturated carbocycles. The van der Waals surface area contributed by atoms with E-state index in [1.54, 1.807) is 12.1 Å². The first-order valence-electron chi connectivity index (χ1n) is 6.25. The van der Waals surface area contributed by atoms with Gasteiger partial charge in [0, 0.05) is 19.1 Å². The third-order valence-electron chi connectivity index (χ3n) is 3.11. The van der Waals surface area contributed by atoms with Crippen LogP contribution in [0.25, 0.3) is 0 Å². The van der Waals surface area contributed by atoms with Crippen molar-refractivity contribution in [3.63, 3.8) is 0 Å². The number of piperidine rings is 1. The third-order valence-corrected chi connectivity index (χ3v) is 3.11. The van der Waals surface area contributed by atoms with E-state index in [1.165, 1.54) is 12.1 Å². The lowest BCUT2D eigenvalue weighted by molar-refractivity contribution is -0.274. The largest absolute Gasteiger partial charge is 0.573 e. The molecule has 0 spiro atoms. The molecular formula is C13H18ClF3N2O. The number of benzene rings is 1. The Morgan fingerprint density at radius 2 is 1.90 bits per heavy atom. The van der Waals surface area contributed by atoms with Gasteiger partial charge in [0.2, 0.25) is 0 Å². The number of nitrogens with two attached hydrogens (primary N) is 1. The highest BCUT2D eigenvalue weighted by Crippen LogP contribution is 2.23. The highest BCUT2D eigenvalue weighted by Gasteiger charge is 2.30. The number of rotatable bonds is 3. The monoisotopic (exact) mass is 310 g/mol. The third kappa shape index (κ3) is 5.56. The Morgan fingerprint density at radius 1 is 1.25 bits per heavy atom. The van der Waals surface area contributed by atoms with Crippen LogP contribution in [0.1, 0.15) is 18.4 Å². The molecule has 114 valence electrons. The van der Waals surface area contributed by atoms with Crippen molar-refractivity contribution in [2.24, 2.45) is 5.73 Å². The average molecular weight is 311 g/mol. The molecule has 2 N–H and O–H groups in total. The van der Waals surface area contributed by atoms with Crippen LogP contribution in [-0.2, 0) is 6.54 Å². The highest BCUT2D eigenvalue weighted by molar-refractivity contribution is 5.85. The van der Waals surface area contributed by atoms with Crippen LogP contribution in [0.5, 0.6) is 5.75 Å². The fourth-order valence-corrected chi connectivity index (χ4v) is 2.29. The van der Waals surface area contributed by atoms with Crippen LogP contribution in [0.3, 0.4) is 0 Å². The summed E-state index contributed by atoms with van der Waals surface area (Å²) in [5.41, 5.74) is 6.85. The quantitative estimate of drug-likeness (QED) is 0.933. The van der Waals surface area contributed by atoms with E-state index in [0.717, 1.165) is 31.5 Å². The Hall–Kier alpha value is -0.980. The van der Waals surface area contributed by atoms with Gasteiger partial charge in [-0.2, -0.15) is 0 Å². The van der Waals surface area contributed by atoms with Gasteiger partial charge in [0.25, 0.3) is 0 Å². The average Bonchev–Trinajstić information content (AvgIpc) is 2.30. The molecule has 2 rings (SSSR count). The van der Waals surface area contributed by atoms with Crippen LogP contribution in [-0.4, -0.2) is 30.4 Å². The molecule has 0 radical (unpaired) electrons. The maximum atomic E-state index is 12.0. The zero-order valence-electron chi connectivity index (χ0n) is 10.9. The predicted molar refractivity (Wildman–Crippen MR) is 72.9 cm³/mol. The Kier molecular flexibility index (Phi) is 6.10. The van der Waals surface area contributed by atoms with Crippen LogP contribution in [0, 0.1) is 0 Å². The van der Waals surface area contributed by atoms with E-state index in [-0.39, 0.29) is 24.2 Å². The standard InChI is InChI=1S/C13H17F3N2O.ClH/c14-13(15,16)19-12-5-3-10(4-6-12)8-18-7-1-2-11(17)9-18;/h3-6,11H,1-2,7-9,17H2;1H/t11-;/m1./s1. The molecule has 1 heterocycles. The number of hydrogen-bond donors (Lipinski definition) is 1. The number of alkyl halides is 3. The lowest BCUT2D eigenvalue weighted by atomic mass is 10.1. The molecule has 7 heteroatoms. The Bertz CT molecular complexity index is 411. The van der Waals surface area contributed by atoms with E-state index in [9.17, 15) is 13.2 Å². The van der Waals surface area contributed by atoms with Crippen molar-refractivity contribution in [3.05, 3.63) is 29.8 Å². The molecule has 0 amide bonds. The lowest BCUT2D eigenvalue weighted by Gasteiger charge is -2.30. The number of hydrogen-bond acceptors (Lipinski definition) is 3. The molecule has 1 aromatic carbocycles. The molecule has 3 nitrogen and oxygen atoms in total. The Morgan fingerprint density at radius 3 is 2.45 bits per heavy atom. The molecule has 1 aromatic rings. The minimum Gasteiger partial charge on any atom is -0.406 e. The zero-order chi connectivity index (χ0) is 13.9. The predicted octanol–water partition coefficient (Wildman–Crippen LogP) is 2.93. The van der Waals surface area contributed by atoms with Gasteiger partial charge in [-0.25, -0.2) is 0 Å². The van der Waals surface area contributed by atoms with Crippen molar-refractivity contribution in [3.8, 4) is 5.75 Å². The molecule has 0 aliphatic carbocycles. The van der Waals surface area contributed by atoms with E-state index < -0.39 is 6.36 Å². The van der Waals surface area contributed by atoms with Gasteiger partial charge < -0.3 is 10.5 Å². The van der Waals surface area contributed by atoms with Crippen molar-refractivity contribution in [1.29, 1.82) is 0 Å². The SMILES string of the molecule is Cl.N[C@@H]1CCCN(Cc2ccc(OC(F)(F)F)cc2)C1. The normalized spacial score (nSPS) is 20.3. The van der Waals surface area contributed by atoms with Gasteiger partial charge in [0.15, 0.2) is 0 Å². The molecule has 0 bridgehead atoms. The molecule has 20 heavy (non-hydrogen) atoms. The summed E-state index contributed by atoms with van der Waals surface area (Å²) in [6, 6.07) is 6.18. The number of halogens is 4. The number of nitrogens with zero attached hydrogens (tertiary/aromatic N) is 1. The molecule has 0 unspecified atom stereocenters. The summed E-state index contributed by atoms with van der Waals surface area (Å²) in [5, 5.41) is 0. The van der Waals surface area contributed by atoms with Gasteiger partial charge in [-0.15, -0.1) is 25.6 Å². The van der Waals surface area contributed by atoms with Crippen LogP contribution in [0.4, 0.5) is 13.2 Å². The van der Waals surface area contributed by atoms with E-state index >= 15 is 0 Å². The Labute approximate surface area is 122 Å². The summed E-state index contributed by atoms with van der Waals surface area (Å²) in [5.74, 6) is -0.188. The lowest BCUT2D eigenvalue weighted by Crippen LogP contribution is -2.42. The van der Waals surface area contributed by atoms with E-state index in [0.29, 0.717) is 6.54 Å². The minimum absolute atomic E-state index is 0. The molecular weight excluding hydrogens is 293 g/mol. The summed E-state index contributed by atoms with van der Waals surface area (Å²) >= 11 is 0. The smallest absolute Gasteiger partial charge is 0.406 e. The molecule has 1 aliphatic heterocycles. The second-order valence-corrected chi connectivity index (χ2v) is 4.83. The number of likely N-dealkylation sites (tertiary alicyclic amines) is 1. The summed E-state index contributed by atoms with van der Waals surface area (Å²) in [4.78, 5) is 2.22.